The molecule has 0 atom stereocenters. The fraction of sp³-hybridized carbons (Fsp3) is 0.0833. The Morgan fingerprint density at radius 1 is 1.27 bits per heavy atom. The molecule has 0 unspecified atom stereocenters. The average Bonchev–Trinajstić information content (AvgIpc) is 2.79. The summed E-state index contributed by atoms with van der Waals surface area (Å²) >= 11 is 1.65. The molecule has 2 nitrogen and oxygen atoms in total. The molecule has 0 saturated heterocycles. The van der Waals surface area contributed by atoms with Gasteiger partial charge in [-0.1, -0.05) is 18.2 Å². The first-order valence-electron chi connectivity index (χ1n) is 4.66. The highest BCUT2D eigenvalue weighted by molar-refractivity contribution is 7.11. The average molecular weight is 217 g/mol. The molecule has 1 aromatic carbocycles. The standard InChI is InChI=1S/C12H11NOS/c14-9-10-3-1-4-11(7-10)13-8-12-5-2-6-15-12/h1-8,14H,9H2. The van der Waals surface area contributed by atoms with Crippen LogP contribution in [-0.2, 0) is 6.61 Å². The summed E-state index contributed by atoms with van der Waals surface area (Å²) in [7, 11) is 0. The second-order valence-corrected chi connectivity index (χ2v) is 4.08. The second kappa shape index (κ2) is 4.87. The maximum Gasteiger partial charge on any atom is 0.0682 e. The highest BCUT2D eigenvalue weighted by atomic mass is 32.1. The maximum absolute atomic E-state index is 8.96. The number of benzene rings is 1. The van der Waals surface area contributed by atoms with E-state index >= 15 is 0 Å². The van der Waals surface area contributed by atoms with E-state index < -0.39 is 0 Å². The van der Waals surface area contributed by atoms with Gasteiger partial charge >= 0.3 is 0 Å². The highest BCUT2D eigenvalue weighted by Gasteiger charge is 1.92. The summed E-state index contributed by atoms with van der Waals surface area (Å²) in [6, 6.07) is 11.6. The van der Waals surface area contributed by atoms with Gasteiger partial charge < -0.3 is 5.11 Å². The van der Waals surface area contributed by atoms with Crippen molar-refractivity contribution in [3.8, 4) is 0 Å². The summed E-state index contributed by atoms with van der Waals surface area (Å²) in [5.74, 6) is 0. The third kappa shape index (κ3) is 2.75. The van der Waals surface area contributed by atoms with Crippen LogP contribution >= 0.6 is 11.3 Å². The molecule has 0 saturated carbocycles. The van der Waals surface area contributed by atoms with Crippen molar-refractivity contribution in [1.82, 2.24) is 0 Å². The fourth-order valence-corrected chi connectivity index (χ4v) is 1.82. The Balaban J connectivity index is 2.17. The minimum absolute atomic E-state index is 0.0579. The van der Waals surface area contributed by atoms with E-state index in [2.05, 4.69) is 4.99 Å². The lowest BCUT2D eigenvalue weighted by Crippen LogP contribution is -1.80. The van der Waals surface area contributed by atoms with E-state index in [1.807, 2.05) is 48.0 Å². The zero-order valence-electron chi connectivity index (χ0n) is 8.13. The Kier molecular flexibility index (Phi) is 3.27. The molecule has 2 aromatic rings. The smallest absolute Gasteiger partial charge is 0.0682 e. The quantitative estimate of drug-likeness (QED) is 0.788. The van der Waals surface area contributed by atoms with Gasteiger partial charge in [-0.05, 0) is 29.1 Å². The summed E-state index contributed by atoms with van der Waals surface area (Å²) in [4.78, 5) is 5.46. The molecular weight excluding hydrogens is 206 g/mol. The van der Waals surface area contributed by atoms with Gasteiger partial charge in [-0.25, -0.2) is 0 Å². The van der Waals surface area contributed by atoms with E-state index in [-0.39, 0.29) is 6.61 Å². The third-order valence-corrected chi connectivity index (χ3v) is 2.78. The normalized spacial score (nSPS) is 11.0. The van der Waals surface area contributed by atoms with Crippen LogP contribution in [0, 0.1) is 0 Å². The molecule has 1 aromatic heterocycles. The van der Waals surface area contributed by atoms with Crippen LogP contribution in [0.5, 0.6) is 0 Å². The Labute approximate surface area is 92.5 Å². The first-order valence-corrected chi connectivity index (χ1v) is 5.54. The van der Waals surface area contributed by atoms with E-state index in [4.69, 9.17) is 5.11 Å². The largest absolute Gasteiger partial charge is 0.392 e. The van der Waals surface area contributed by atoms with Crippen LogP contribution in [0.3, 0.4) is 0 Å². The van der Waals surface area contributed by atoms with E-state index in [0.717, 1.165) is 16.1 Å². The SMILES string of the molecule is OCc1cccc(N=Cc2cccs2)c1. The van der Waals surface area contributed by atoms with Crippen molar-refractivity contribution in [1.29, 1.82) is 0 Å². The predicted molar refractivity (Wildman–Crippen MR) is 63.9 cm³/mol. The number of aliphatic imine (C=N–C) groups is 1. The molecule has 0 bridgehead atoms. The van der Waals surface area contributed by atoms with Gasteiger partial charge in [-0.15, -0.1) is 11.3 Å². The lowest BCUT2D eigenvalue weighted by atomic mass is 10.2. The van der Waals surface area contributed by atoms with E-state index in [9.17, 15) is 0 Å². The van der Waals surface area contributed by atoms with Crippen LogP contribution in [-0.4, -0.2) is 11.3 Å². The molecule has 0 aliphatic carbocycles. The third-order valence-electron chi connectivity index (χ3n) is 1.98. The van der Waals surface area contributed by atoms with Crippen LogP contribution in [0.2, 0.25) is 0 Å². The summed E-state index contributed by atoms with van der Waals surface area (Å²) in [6.07, 6.45) is 1.83. The molecule has 0 aliphatic heterocycles. The van der Waals surface area contributed by atoms with Gasteiger partial charge in [0.2, 0.25) is 0 Å². The molecular formula is C12H11NOS. The van der Waals surface area contributed by atoms with Crippen molar-refractivity contribution < 1.29 is 5.11 Å². The molecule has 3 heteroatoms. The summed E-state index contributed by atoms with van der Waals surface area (Å²) in [5.41, 5.74) is 1.76. The number of hydrogen-bond donors (Lipinski definition) is 1. The molecule has 0 amide bonds. The molecule has 1 heterocycles. The zero-order valence-corrected chi connectivity index (χ0v) is 8.95. The van der Waals surface area contributed by atoms with E-state index in [1.165, 1.54) is 0 Å². The Bertz CT molecular complexity index is 448. The number of aliphatic hydroxyl groups excluding tert-OH is 1. The lowest BCUT2D eigenvalue weighted by molar-refractivity contribution is 0.282. The van der Waals surface area contributed by atoms with Crippen molar-refractivity contribution in [2.24, 2.45) is 4.99 Å². The molecule has 76 valence electrons. The van der Waals surface area contributed by atoms with E-state index in [0.29, 0.717) is 0 Å². The molecule has 0 fully saturated rings. The lowest BCUT2D eigenvalue weighted by Gasteiger charge is -1.96. The van der Waals surface area contributed by atoms with Crippen molar-refractivity contribution in [2.45, 2.75) is 6.61 Å². The second-order valence-electron chi connectivity index (χ2n) is 3.10. The number of hydrogen-bond acceptors (Lipinski definition) is 3. The summed E-state index contributed by atoms with van der Waals surface area (Å²) < 4.78 is 0. The highest BCUT2D eigenvalue weighted by Crippen LogP contribution is 2.15. The maximum atomic E-state index is 8.96. The van der Waals surface area contributed by atoms with Crippen LogP contribution in [0.4, 0.5) is 5.69 Å². The first kappa shape index (κ1) is 10.1. The van der Waals surface area contributed by atoms with Crippen LogP contribution in [0.25, 0.3) is 0 Å². The molecule has 0 aliphatic rings. The van der Waals surface area contributed by atoms with Gasteiger partial charge in [0.1, 0.15) is 0 Å². The number of aliphatic hydroxyl groups is 1. The fourth-order valence-electron chi connectivity index (χ4n) is 1.24. The summed E-state index contributed by atoms with van der Waals surface area (Å²) in [6.45, 7) is 0.0579. The number of rotatable bonds is 3. The van der Waals surface area contributed by atoms with Crippen LogP contribution in [0.1, 0.15) is 10.4 Å². The predicted octanol–water partition coefficient (Wildman–Crippen LogP) is 2.99. The van der Waals surface area contributed by atoms with Gasteiger partial charge in [0.25, 0.3) is 0 Å². The van der Waals surface area contributed by atoms with Crippen molar-refractivity contribution >= 4 is 23.2 Å². The van der Waals surface area contributed by atoms with Crippen LogP contribution < -0.4 is 0 Å². The van der Waals surface area contributed by atoms with Crippen molar-refractivity contribution in [2.75, 3.05) is 0 Å². The molecule has 0 radical (unpaired) electrons. The Hall–Kier alpha value is -1.45. The van der Waals surface area contributed by atoms with Gasteiger partial charge in [0, 0.05) is 11.1 Å². The van der Waals surface area contributed by atoms with Gasteiger partial charge in [0.15, 0.2) is 0 Å². The Morgan fingerprint density at radius 3 is 2.93 bits per heavy atom. The number of nitrogens with zero attached hydrogens (tertiary/aromatic N) is 1. The van der Waals surface area contributed by atoms with Gasteiger partial charge in [-0.2, -0.15) is 0 Å². The van der Waals surface area contributed by atoms with Crippen LogP contribution in [0.15, 0.2) is 46.8 Å². The Morgan fingerprint density at radius 2 is 2.20 bits per heavy atom. The minimum atomic E-state index is 0.0579. The van der Waals surface area contributed by atoms with Gasteiger partial charge in [0.05, 0.1) is 12.3 Å². The van der Waals surface area contributed by atoms with Crippen molar-refractivity contribution in [3.05, 3.63) is 52.2 Å². The molecule has 0 spiro atoms. The zero-order chi connectivity index (χ0) is 10.5. The monoisotopic (exact) mass is 217 g/mol. The molecule has 2 rings (SSSR count). The van der Waals surface area contributed by atoms with E-state index in [1.54, 1.807) is 11.3 Å². The molecule has 15 heavy (non-hydrogen) atoms. The first-order chi connectivity index (χ1) is 7.38. The minimum Gasteiger partial charge on any atom is -0.392 e. The van der Waals surface area contributed by atoms with Crippen molar-refractivity contribution in [3.63, 3.8) is 0 Å². The van der Waals surface area contributed by atoms with Gasteiger partial charge in [-0.3, -0.25) is 4.99 Å². The molecule has 1 N–H and O–H groups in total. The summed E-state index contributed by atoms with van der Waals surface area (Å²) in [5, 5.41) is 11.0. The topological polar surface area (TPSA) is 32.6 Å². The number of thiophene rings is 1.